The fraction of sp³-hybridized carbons (Fsp3) is 0.357. The molecular weight excluding hydrogens is 660 g/mol. The monoisotopic (exact) mass is 708 g/mol. The SMILES string of the molecule is COC(=O)C[C@@H](CC(=O)C=Cc1c(-c2ccc(F)cc2)c(-c2ccccc2)c(C(=O)N2Cc3ccccc3C2)n1C(C)C)O[Si](C)(C)C(C)(C)C. The first-order chi connectivity index (χ1) is 24.1. The van der Waals surface area contributed by atoms with Gasteiger partial charge in [0.2, 0.25) is 0 Å². The van der Waals surface area contributed by atoms with Crippen LogP contribution in [0.3, 0.4) is 0 Å². The number of benzene rings is 3. The number of ether oxygens (including phenoxy) is 1. The van der Waals surface area contributed by atoms with Gasteiger partial charge >= 0.3 is 5.97 Å². The molecule has 268 valence electrons. The summed E-state index contributed by atoms with van der Waals surface area (Å²) in [5.41, 5.74) is 6.36. The zero-order valence-electron chi connectivity index (χ0n) is 31.0. The molecule has 1 aromatic heterocycles. The van der Waals surface area contributed by atoms with E-state index >= 15 is 0 Å². The molecule has 0 spiro atoms. The van der Waals surface area contributed by atoms with Crippen LogP contribution in [-0.4, -0.2) is 48.7 Å². The molecule has 0 radical (unpaired) electrons. The summed E-state index contributed by atoms with van der Waals surface area (Å²) in [5, 5.41) is -0.129. The van der Waals surface area contributed by atoms with Crippen LogP contribution in [0, 0.1) is 5.82 Å². The molecule has 1 amide bonds. The van der Waals surface area contributed by atoms with E-state index in [0.29, 0.717) is 35.6 Å². The third-order valence-corrected chi connectivity index (χ3v) is 14.6. The summed E-state index contributed by atoms with van der Waals surface area (Å²) in [6.07, 6.45) is 2.55. The second kappa shape index (κ2) is 15.3. The summed E-state index contributed by atoms with van der Waals surface area (Å²) in [5.74, 6) is -1.18. The Labute approximate surface area is 302 Å². The maximum absolute atomic E-state index is 14.8. The van der Waals surface area contributed by atoms with Gasteiger partial charge in [0.1, 0.15) is 11.5 Å². The molecular formula is C42H49FN2O5Si. The van der Waals surface area contributed by atoms with Crippen LogP contribution < -0.4 is 0 Å². The van der Waals surface area contributed by atoms with Crippen LogP contribution in [0.4, 0.5) is 4.39 Å². The smallest absolute Gasteiger partial charge is 0.308 e. The highest BCUT2D eigenvalue weighted by Gasteiger charge is 2.40. The number of ketones is 1. The van der Waals surface area contributed by atoms with Crippen molar-refractivity contribution in [3.63, 3.8) is 0 Å². The quantitative estimate of drug-likeness (QED) is 0.0832. The van der Waals surface area contributed by atoms with Gasteiger partial charge in [-0.05, 0) is 78.5 Å². The molecule has 0 aliphatic carbocycles. The van der Waals surface area contributed by atoms with Crippen molar-refractivity contribution in [2.24, 2.45) is 0 Å². The van der Waals surface area contributed by atoms with Crippen LogP contribution in [0.25, 0.3) is 28.3 Å². The predicted molar refractivity (Wildman–Crippen MR) is 203 cm³/mol. The van der Waals surface area contributed by atoms with Gasteiger partial charge in [0.05, 0.1) is 25.3 Å². The number of aromatic nitrogens is 1. The molecule has 0 bridgehead atoms. The standard InChI is InChI=1S/C42H49FN2O5Si/c1-28(2)45-36(23-22-34(46)24-35(25-37(47)49-6)50-51(7,8)42(3,4)5)38(30-18-20-33(43)21-19-30)39(29-14-10-9-11-15-29)40(45)41(48)44-26-31-16-12-13-17-32(31)27-44/h9-23,28,35H,24-27H2,1-8H3/t35-/m1/s1. The molecule has 2 heterocycles. The van der Waals surface area contributed by atoms with Gasteiger partial charge in [0, 0.05) is 36.7 Å². The van der Waals surface area contributed by atoms with Gasteiger partial charge < -0.3 is 18.6 Å². The van der Waals surface area contributed by atoms with E-state index in [4.69, 9.17) is 9.16 Å². The summed E-state index contributed by atoms with van der Waals surface area (Å²) in [6.45, 7) is 15.5. The Kier molecular flexibility index (Phi) is 11.3. The highest BCUT2D eigenvalue weighted by molar-refractivity contribution is 6.74. The molecule has 9 heteroatoms. The van der Waals surface area contributed by atoms with Crippen molar-refractivity contribution >= 4 is 32.1 Å². The minimum Gasteiger partial charge on any atom is -0.469 e. The van der Waals surface area contributed by atoms with Crippen LogP contribution in [0.5, 0.6) is 0 Å². The Morgan fingerprint density at radius 2 is 1.41 bits per heavy atom. The molecule has 1 aliphatic heterocycles. The summed E-state index contributed by atoms with van der Waals surface area (Å²) in [7, 11) is -1.01. The average molecular weight is 709 g/mol. The number of fused-ring (bicyclic) bond motifs is 1. The number of rotatable bonds is 12. The zero-order valence-corrected chi connectivity index (χ0v) is 32.0. The fourth-order valence-corrected chi connectivity index (χ4v) is 7.78. The molecule has 51 heavy (non-hydrogen) atoms. The van der Waals surface area contributed by atoms with Crippen LogP contribution in [0.1, 0.15) is 80.8 Å². The van der Waals surface area contributed by atoms with Crippen molar-refractivity contribution in [3.8, 4) is 22.3 Å². The van der Waals surface area contributed by atoms with E-state index in [1.807, 2.05) is 77.9 Å². The van der Waals surface area contributed by atoms with E-state index in [1.54, 1.807) is 18.2 Å². The molecule has 0 N–H and O–H groups in total. The molecule has 7 nitrogen and oxygen atoms in total. The first-order valence-electron chi connectivity index (χ1n) is 17.5. The molecule has 0 saturated heterocycles. The number of esters is 1. The van der Waals surface area contributed by atoms with E-state index in [-0.39, 0.29) is 41.4 Å². The number of hydrogen-bond acceptors (Lipinski definition) is 5. The van der Waals surface area contributed by atoms with E-state index < -0.39 is 20.4 Å². The van der Waals surface area contributed by atoms with E-state index in [2.05, 4.69) is 33.9 Å². The summed E-state index contributed by atoms with van der Waals surface area (Å²) < 4.78 is 27.8. The number of allylic oxidation sites excluding steroid dienone is 1. The highest BCUT2D eigenvalue weighted by Crippen LogP contribution is 2.44. The second-order valence-corrected chi connectivity index (χ2v) is 19.8. The van der Waals surface area contributed by atoms with Gasteiger partial charge in [0.15, 0.2) is 14.1 Å². The number of nitrogens with zero attached hydrogens (tertiary/aromatic N) is 2. The zero-order chi connectivity index (χ0) is 37.1. The number of carbonyl (C=O) groups is 3. The topological polar surface area (TPSA) is 77.8 Å². The fourth-order valence-electron chi connectivity index (χ4n) is 6.42. The summed E-state index contributed by atoms with van der Waals surface area (Å²) in [4.78, 5) is 42.9. The second-order valence-electron chi connectivity index (χ2n) is 15.0. The molecule has 1 atom stereocenters. The lowest BCUT2D eigenvalue weighted by Crippen LogP contribution is -2.44. The van der Waals surface area contributed by atoms with Crippen molar-refractivity contribution in [3.05, 3.63) is 113 Å². The van der Waals surface area contributed by atoms with Crippen molar-refractivity contribution in [1.29, 1.82) is 0 Å². The van der Waals surface area contributed by atoms with Crippen LogP contribution >= 0.6 is 0 Å². The maximum atomic E-state index is 14.8. The van der Waals surface area contributed by atoms with Crippen molar-refractivity contribution in [2.45, 2.75) is 90.8 Å². The third kappa shape index (κ3) is 8.32. The van der Waals surface area contributed by atoms with Gasteiger partial charge in [0.25, 0.3) is 5.91 Å². The molecule has 0 fully saturated rings. The Hall–Kier alpha value is -4.60. The first kappa shape index (κ1) is 37.6. The number of methoxy groups -OCH3 is 1. The molecule has 0 unspecified atom stereocenters. The Morgan fingerprint density at radius 1 is 0.843 bits per heavy atom. The number of hydrogen-bond donors (Lipinski definition) is 0. The molecule has 5 rings (SSSR count). The number of halogens is 1. The number of amides is 1. The Balaban J connectivity index is 1.65. The van der Waals surface area contributed by atoms with Gasteiger partial charge in [-0.2, -0.15) is 0 Å². The molecule has 3 aromatic carbocycles. The van der Waals surface area contributed by atoms with Crippen molar-refractivity contribution in [2.75, 3.05) is 7.11 Å². The Bertz CT molecular complexity index is 1900. The van der Waals surface area contributed by atoms with Crippen LogP contribution in [0.15, 0.2) is 84.9 Å². The predicted octanol–water partition coefficient (Wildman–Crippen LogP) is 9.62. The summed E-state index contributed by atoms with van der Waals surface area (Å²) >= 11 is 0. The summed E-state index contributed by atoms with van der Waals surface area (Å²) in [6, 6.07) is 23.8. The first-order valence-corrected chi connectivity index (χ1v) is 20.4. The Morgan fingerprint density at radius 3 is 1.96 bits per heavy atom. The van der Waals surface area contributed by atoms with E-state index in [0.717, 1.165) is 22.3 Å². The lowest BCUT2D eigenvalue weighted by Gasteiger charge is -2.39. The molecule has 1 aliphatic rings. The lowest BCUT2D eigenvalue weighted by molar-refractivity contribution is -0.142. The van der Waals surface area contributed by atoms with Crippen molar-refractivity contribution in [1.82, 2.24) is 9.47 Å². The average Bonchev–Trinajstić information content (AvgIpc) is 3.67. The van der Waals surface area contributed by atoms with Crippen LogP contribution in [-0.2, 0) is 31.8 Å². The van der Waals surface area contributed by atoms with Gasteiger partial charge in [-0.15, -0.1) is 0 Å². The van der Waals surface area contributed by atoms with Crippen molar-refractivity contribution < 1.29 is 27.9 Å². The van der Waals surface area contributed by atoms with Gasteiger partial charge in [-0.1, -0.05) is 87.5 Å². The normalized spacial score (nSPS) is 13.9. The largest absolute Gasteiger partial charge is 0.469 e. The van der Waals surface area contributed by atoms with Gasteiger partial charge in [-0.3, -0.25) is 14.4 Å². The highest BCUT2D eigenvalue weighted by atomic mass is 28.4. The van der Waals surface area contributed by atoms with Crippen LogP contribution in [0.2, 0.25) is 18.1 Å². The molecule has 4 aromatic rings. The molecule has 0 saturated carbocycles. The third-order valence-electron chi connectivity index (χ3n) is 10.0. The lowest BCUT2D eigenvalue weighted by atomic mass is 9.94. The number of carbonyl (C=O) groups excluding carboxylic acids is 3. The minimum atomic E-state index is -2.33. The maximum Gasteiger partial charge on any atom is 0.308 e. The van der Waals surface area contributed by atoms with Gasteiger partial charge in [-0.25, -0.2) is 4.39 Å². The van der Waals surface area contributed by atoms with E-state index in [9.17, 15) is 18.8 Å². The van der Waals surface area contributed by atoms with E-state index in [1.165, 1.54) is 25.3 Å². The minimum absolute atomic E-state index is 0.0181.